The molecule has 0 aromatic carbocycles. The van der Waals surface area contributed by atoms with Crippen LogP contribution in [-0.2, 0) is 65.5 Å². The lowest BCUT2D eigenvalue weighted by Crippen LogP contribution is -2.60. The lowest BCUT2D eigenvalue weighted by Gasteiger charge is -2.26. The van der Waals surface area contributed by atoms with Crippen molar-refractivity contribution in [3.05, 3.63) is 24.0 Å². The van der Waals surface area contributed by atoms with Crippen molar-refractivity contribution in [3.63, 3.8) is 0 Å². The molecule has 0 bridgehead atoms. The van der Waals surface area contributed by atoms with Crippen LogP contribution in [0.25, 0.3) is 0 Å². The van der Waals surface area contributed by atoms with Crippen LogP contribution in [0, 0.1) is 0 Å². The second kappa shape index (κ2) is 42.4. The Bertz CT molecular complexity index is 2030. The largest absolute Gasteiger partial charge is 0.396 e. The van der Waals surface area contributed by atoms with Gasteiger partial charge in [0.15, 0.2) is 0 Å². The zero-order valence-corrected chi connectivity index (χ0v) is 45.5. The number of aryl methyl sites for hydroxylation is 1. The van der Waals surface area contributed by atoms with E-state index in [9.17, 15) is 53.4 Å². The fraction of sp³-hybridized carbons (Fsp3) is 0.740. The van der Waals surface area contributed by atoms with Crippen molar-refractivity contribution in [2.75, 3.05) is 59.8 Å². The lowest BCUT2D eigenvalue weighted by molar-refractivity contribution is -0.136. The molecule has 440 valence electrons. The van der Waals surface area contributed by atoms with Gasteiger partial charge >= 0.3 is 0 Å². The highest BCUT2D eigenvalue weighted by molar-refractivity contribution is 5.97. The molecular formula is C50H87N15O13. The molecule has 0 unspecified atom stereocenters. The predicted octanol–water partition coefficient (Wildman–Crippen LogP) is -1.56. The number of aliphatic hydroxyl groups excluding tert-OH is 2. The maximum atomic E-state index is 13.8. The second-order valence-electron chi connectivity index (χ2n) is 18.8. The van der Waals surface area contributed by atoms with Gasteiger partial charge in [-0.15, -0.1) is 5.10 Å². The van der Waals surface area contributed by atoms with Gasteiger partial charge in [-0.05, 0) is 42.5 Å². The Morgan fingerprint density at radius 3 is 1.76 bits per heavy atom. The number of aliphatic hydroxyl groups is 2. The Labute approximate surface area is 455 Å². The molecule has 28 heteroatoms. The molecule has 28 nitrogen and oxygen atoms in total. The first-order valence-corrected chi connectivity index (χ1v) is 27.3. The van der Waals surface area contributed by atoms with E-state index in [1.54, 1.807) is 0 Å². The van der Waals surface area contributed by atoms with Crippen molar-refractivity contribution in [2.45, 2.75) is 178 Å². The molecule has 0 saturated carbocycles. The highest BCUT2D eigenvalue weighted by atomic mass is 16.5. The molecule has 2 aromatic rings. The first-order chi connectivity index (χ1) is 37.7. The molecule has 0 aliphatic heterocycles. The van der Waals surface area contributed by atoms with Gasteiger partial charge in [0.2, 0.25) is 53.2 Å². The number of hydrogen-bond acceptors (Lipinski definition) is 17. The maximum Gasteiger partial charge on any atom is 0.246 e. The minimum atomic E-state index is -1.64. The third-order valence-electron chi connectivity index (χ3n) is 12.4. The average molecular weight is 1110 g/mol. The number of aromatic amines is 2. The van der Waals surface area contributed by atoms with Gasteiger partial charge in [0.1, 0.15) is 42.6 Å². The molecule has 14 N–H and O–H groups in total. The van der Waals surface area contributed by atoms with E-state index in [1.807, 2.05) is 6.92 Å². The van der Waals surface area contributed by atoms with E-state index >= 15 is 0 Å². The Morgan fingerprint density at radius 2 is 1.19 bits per heavy atom. The summed E-state index contributed by atoms with van der Waals surface area (Å²) >= 11 is 0. The van der Waals surface area contributed by atoms with Crippen LogP contribution in [0.5, 0.6) is 0 Å². The van der Waals surface area contributed by atoms with Crippen molar-refractivity contribution >= 4 is 53.2 Å². The second-order valence-corrected chi connectivity index (χ2v) is 18.8. The van der Waals surface area contributed by atoms with E-state index in [0.29, 0.717) is 31.5 Å². The summed E-state index contributed by atoms with van der Waals surface area (Å²) in [7, 11) is 1.41. The van der Waals surface area contributed by atoms with E-state index < -0.39 is 110 Å². The Hall–Kier alpha value is -6.65. The van der Waals surface area contributed by atoms with Crippen LogP contribution in [0.2, 0.25) is 0 Å². The van der Waals surface area contributed by atoms with Gasteiger partial charge in [-0.3, -0.25) is 43.2 Å². The van der Waals surface area contributed by atoms with Crippen LogP contribution < -0.4 is 48.3 Å². The number of tetrazole rings is 1. The van der Waals surface area contributed by atoms with Crippen LogP contribution in [0.4, 0.5) is 0 Å². The number of aromatic nitrogens is 6. The predicted molar refractivity (Wildman–Crippen MR) is 283 cm³/mol. The monoisotopic (exact) mass is 1110 g/mol. The fourth-order valence-corrected chi connectivity index (χ4v) is 7.93. The third-order valence-corrected chi connectivity index (χ3v) is 12.4. The van der Waals surface area contributed by atoms with Gasteiger partial charge < -0.3 is 72.9 Å². The normalized spacial score (nSPS) is 13.0. The zero-order chi connectivity index (χ0) is 57.2. The minimum absolute atomic E-state index is 0.0357. The molecule has 0 radical (unpaired) electrons. The molecule has 0 aliphatic rings. The number of primary amides is 1. The van der Waals surface area contributed by atoms with Crippen LogP contribution in [0.1, 0.15) is 147 Å². The van der Waals surface area contributed by atoms with Crippen molar-refractivity contribution in [1.82, 2.24) is 73.1 Å². The maximum absolute atomic E-state index is 13.8. The smallest absolute Gasteiger partial charge is 0.246 e. The molecular weight excluding hydrogens is 1020 g/mol. The van der Waals surface area contributed by atoms with E-state index in [1.165, 1.54) is 77.4 Å². The van der Waals surface area contributed by atoms with Gasteiger partial charge in [0, 0.05) is 52.1 Å². The number of unbranched alkanes of at least 4 members (excludes halogenated alkanes) is 13. The number of hydrogen-bond donors (Lipinski definition) is 13. The topological polar surface area (TPSA) is 418 Å². The summed E-state index contributed by atoms with van der Waals surface area (Å²) in [5, 5.41) is 53.4. The summed E-state index contributed by atoms with van der Waals surface area (Å²) in [5.41, 5.74) is 5.64. The van der Waals surface area contributed by atoms with Crippen molar-refractivity contribution in [2.24, 2.45) is 5.73 Å². The number of ether oxygens (including phenoxy) is 2. The number of carbonyl (C=O) groups excluding carboxylic acids is 9. The summed E-state index contributed by atoms with van der Waals surface area (Å²) in [5.74, 6) is -5.77. The van der Waals surface area contributed by atoms with Crippen molar-refractivity contribution in [1.29, 1.82) is 0 Å². The molecule has 2 aromatic heterocycles. The summed E-state index contributed by atoms with van der Waals surface area (Å²) in [6, 6.07) is -6.93. The number of H-pyrrole nitrogens is 2. The van der Waals surface area contributed by atoms with Gasteiger partial charge in [-0.1, -0.05) is 90.4 Å². The number of nitrogens with zero attached hydrogens (tertiary/aromatic N) is 4. The Kier molecular flexibility index (Phi) is 36.7. The number of nitrogens with two attached hydrogens (primary N) is 1. The quantitative estimate of drug-likeness (QED) is 0.0333. The molecule has 2 heterocycles. The minimum Gasteiger partial charge on any atom is -0.396 e. The number of likely N-dealkylation sites (N-methyl/N-ethyl adjacent to an activating group) is 1. The van der Waals surface area contributed by atoms with Gasteiger partial charge in [0.25, 0.3) is 0 Å². The van der Waals surface area contributed by atoms with E-state index in [0.717, 1.165) is 44.3 Å². The van der Waals surface area contributed by atoms with Gasteiger partial charge in [-0.25, -0.2) is 10.1 Å². The van der Waals surface area contributed by atoms with Gasteiger partial charge in [0.05, 0.1) is 45.0 Å². The van der Waals surface area contributed by atoms with Crippen LogP contribution in [0.15, 0.2) is 12.5 Å². The molecule has 9 amide bonds. The van der Waals surface area contributed by atoms with E-state index in [4.69, 9.17) is 15.2 Å². The molecule has 0 fully saturated rings. The Morgan fingerprint density at radius 1 is 0.615 bits per heavy atom. The zero-order valence-electron chi connectivity index (χ0n) is 45.5. The number of rotatable bonds is 47. The van der Waals surface area contributed by atoms with Crippen molar-refractivity contribution in [3.8, 4) is 0 Å². The van der Waals surface area contributed by atoms with Crippen LogP contribution in [0.3, 0.4) is 0 Å². The van der Waals surface area contributed by atoms with Gasteiger partial charge in [-0.2, -0.15) is 0 Å². The highest BCUT2D eigenvalue weighted by Gasteiger charge is 2.33. The number of imidazole rings is 1. The highest BCUT2D eigenvalue weighted by Crippen LogP contribution is 2.14. The standard InChI is InChI=1S/C50H87N15O13/c1-3-4-18-36(46(72)52-2)58-48(74)38(23-25-66)60-49(75)39(29-35-30-53-34-56-35)61-47(73)37(21-22-41(51)68)59-50(76)40(32-67)57-44(70)31-55-45(71)33-78-28-27-77-26-24-54-43(69)20-17-15-13-11-9-7-5-6-8-10-12-14-16-19-42-62-64-65-63-42/h30,34,36-40,66-67H,3-29,31-33H2,1-2H3,(H2,51,68)(H,52,72)(H,53,56)(H,54,69)(H,55,71)(H,57,70)(H,58,74)(H,59,76)(H,60,75)(H,61,73)(H,62,63,64,65)/t36-,37-,38-,39-,40-/m0/s1. The number of amides is 9. The summed E-state index contributed by atoms with van der Waals surface area (Å²) in [6.45, 7) is 0.148. The average Bonchev–Trinajstić information content (AvgIpc) is 4.16. The van der Waals surface area contributed by atoms with E-state index in [2.05, 4.69) is 73.1 Å². The molecule has 2 rings (SSSR count). The lowest BCUT2D eigenvalue weighted by atomic mass is 10.0. The third kappa shape index (κ3) is 31.5. The first kappa shape index (κ1) is 67.5. The molecule has 0 spiro atoms. The summed E-state index contributed by atoms with van der Waals surface area (Å²) < 4.78 is 10.7. The van der Waals surface area contributed by atoms with Crippen LogP contribution in [-0.4, -0.2) is 184 Å². The SMILES string of the molecule is CCCC[C@H](NC(=O)[C@H](CCO)NC(=O)[C@H](Cc1c[nH]cn1)NC(=O)[C@H](CCC(N)=O)NC(=O)[C@H](CO)NC(=O)CNC(=O)COCCOCCNC(=O)CCCCCCCCCCCCCCCc1nnn[nH]1)C(=O)NC. The molecule has 5 atom stereocenters. The molecule has 78 heavy (non-hydrogen) atoms. The molecule has 0 saturated heterocycles. The summed E-state index contributed by atoms with van der Waals surface area (Å²) in [6.07, 6.45) is 19.8. The first-order valence-electron chi connectivity index (χ1n) is 27.3. The summed E-state index contributed by atoms with van der Waals surface area (Å²) in [4.78, 5) is 123. The number of nitrogens with one attached hydrogen (secondary N) is 10. The fourth-order valence-electron chi connectivity index (χ4n) is 7.93. The molecule has 0 aliphatic carbocycles. The van der Waals surface area contributed by atoms with Crippen LogP contribution >= 0.6 is 0 Å². The Balaban J connectivity index is 1.69. The van der Waals surface area contributed by atoms with Crippen molar-refractivity contribution < 1.29 is 62.8 Å². The van der Waals surface area contributed by atoms with E-state index in [-0.39, 0.29) is 45.0 Å². The number of carbonyl (C=O) groups is 9.